The standard InChI is InChI=1S/C46H49ClN8O7S/c1-46(2)11-9-31(38(23-46)29-3-5-33(47)6-4-29)24-51-13-15-52(16-14-51)34-7-8-37(40(21-34)54-17-18-62-45-42(54)20-30-10-12-48-43(30)49-45)44(56)50-63(59,60)36-19-32-25-53(35-27-61-28-35)26-39(32)41(22-36)55(57)58/h3-8,10,12,19-22,35H,9,11,13-18,23-28H2,1-2H3,(H,48,49)(H,50,56). The lowest BCUT2D eigenvalue weighted by molar-refractivity contribution is -0.385. The number of carbonyl (C=O) groups is 1. The van der Waals surface area contributed by atoms with E-state index in [1.807, 2.05) is 46.2 Å². The zero-order valence-corrected chi connectivity index (χ0v) is 36.8. The third kappa shape index (κ3) is 8.14. The van der Waals surface area contributed by atoms with E-state index in [9.17, 15) is 23.3 Å². The minimum Gasteiger partial charge on any atom is -0.474 e. The summed E-state index contributed by atoms with van der Waals surface area (Å²) < 4.78 is 41.7. The van der Waals surface area contributed by atoms with Gasteiger partial charge in [-0.25, -0.2) is 13.1 Å². The number of fused-ring (bicyclic) bond motifs is 3. The number of amides is 1. The molecule has 2 fully saturated rings. The summed E-state index contributed by atoms with van der Waals surface area (Å²) in [4.78, 5) is 42.4. The van der Waals surface area contributed by atoms with E-state index in [1.54, 1.807) is 12.3 Å². The molecule has 4 aliphatic heterocycles. The zero-order chi connectivity index (χ0) is 43.6. The largest absolute Gasteiger partial charge is 0.474 e. The molecule has 1 amide bonds. The van der Waals surface area contributed by atoms with E-state index in [0.717, 1.165) is 74.1 Å². The molecule has 2 aromatic heterocycles. The Labute approximate surface area is 370 Å². The molecular formula is C46H49ClN8O7S. The number of nitrogens with zero attached hydrogens (tertiary/aromatic N) is 6. The van der Waals surface area contributed by atoms with E-state index in [2.05, 4.69) is 45.5 Å². The number of pyridine rings is 1. The molecule has 1 aliphatic carbocycles. The number of aromatic nitrogens is 2. The normalized spacial score (nSPS) is 19.4. The van der Waals surface area contributed by atoms with Crippen molar-refractivity contribution in [3.8, 4) is 5.88 Å². The molecule has 5 aliphatic rings. The van der Waals surface area contributed by atoms with Crippen LogP contribution in [0.4, 0.5) is 22.7 Å². The Morgan fingerprint density at radius 1 is 1.00 bits per heavy atom. The summed E-state index contributed by atoms with van der Waals surface area (Å²) in [5.41, 5.74) is 7.90. The molecule has 15 nitrogen and oxygen atoms in total. The lowest BCUT2D eigenvalue weighted by Crippen LogP contribution is -2.47. The number of allylic oxidation sites excluding steroid dienone is 1. The first-order valence-electron chi connectivity index (χ1n) is 21.4. The van der Waals surface area contributed by atoms with Gasteiger partial charge >= 0.3 is 0 Å². The number of carbonyl (C=O) groups excluding carboxylic acids is 1. The van der Waals surface area contributed by atoms with Gasteiger partial charge in [0, 0.05) is 79.7 Å². The van der Waals surface area contributed by atoms with Gasteiger partial charge in [-0.05, 0) is 89.9 Å². The van der Waals surface area contributed by atoms with Crippen molar-refractivity contribution in [2.75, 3.05) is 68.9 Å². The molecule has 0 radical (unpaired) electrons. The van der Waals surface area contributed by atoms with Crippen LogP contribution in [0.1, 0.15) is 60.2 Å². The summed E-state index contributed by atoms with van der Waals surface area (Å²) >= 11 is 6.27. The smallest absolute Gasteiger partial charge is 0.275 e. The minimum absolute atomic E-state index is 0.108. The molecule has 0 unspecified atom stereocenters. The van der Waals surface area contributed by atoms with Crippen molar-refractivity contribution in [3.05, 3.63) is 116 Å². The number of ether oxygens (including phenoxy) is 2. The van der Waals surface area contributed by atoms with Crippen molar-refractivity contribution in [3.63, 3.8) is 0 Å². The number of H-pyrrole nitrogens is 1. The molecule has 2 N–H and O–H groups in total. The van der Waals surface area contributed by atoms with Gasteiger partial charge in [0.15, 0.2) is 0 Å². The lowest BCUT2D eigenvalue weighted by atomic mass is 9.72. The van der Waals surface area contributed by atoms with E-state index < -0.39 is 20.9 Å². The van der Waals surface area contributed by atoms with Crippen LogP contribution in [0, 0.1) is 15.5 Å². The van der Waals surface area contributed by atoms with Crippen molar-refractivity contribution in [1.29, 1.82) is 0 Å². The number of nitro benzene ring substituents is 1. The number of nitrogens with one attached hydrogen (secondary N) is 2. The van der Waals surface area contributed by atoms with Crippen LogP contribution in [0.2, 0.25) is 5.02 Å². The van der Waals surface area contributed by atoms with Crippen molar-refractivity contribution < 1.29 is 27.6 Å². The minimum atomic E-state index is -4.56. The Kier molecular flexibility index (Phi) is 10.7. The Balaban J connectivity index is 0.934. The number of hydrogen-bond acceptors (Lipinski definition) is 12. The molecule has 17 heteroatoms. The van der Waals surface area contributed by atoms with E-state index in [0.29, 0.717) is 66.9 Å². The third-order valence-corrected chi connectivity index (χ3v) is 14.8. The molecule has 10 rings (SSSR count). The maximum absolute atomic E-state index is 14.4. The highest BCUT2D eigenvalue weighted by Gasteiger charge is 2.37. The van der Waals surface area contributed by atoms with Crippen LogP contribution < -0.4 is 19.3 Å². The van der Waals surface area contributed by atoms with Crippen LogP contribution in [0.5, 0.6) is 5.88 Å². The van der Waals surface area contributed by atoms with Gasteiger partial charge in [0.2, 0.25) is 5.88 Å². The van der Waals surface area contributed by atoms with Gasteiger partial charge in [0.25, 0.3) is 21.6 Å². The first kappa shape index (κ1) is 41.5. The summed E-state index contributed by atoms with van der Waals surface area (Å²) in [5, 5.41) is 13.8. The van der Waals surface area contributed by atoms with Gasteiger partial charge in [-0.15, -0.1) is 0 Å². The predicted molar refractivity (Wildman–Crippen MR) is 241 cm³/mol. The first-order chi connectivity index (χ1) is 30.3. The number of sulfonamides is 1. The highest BCUT2D eigenvalue weighted by Crippen LogP contribution is 2.44. The highest BCUT2D eigenvalue weighted by molar-refractivity contribution is 7.90. The lowest BCUT2D eigenvalue weighted by Gasteiger charge is -2.39. The molecule has 2 saturated heterocycles. The molecule has 0 atom stereocenters. The Hall–Kier alpha value is -5.52. The predicted octanol–water partition coefficient (Wildman–Crippen LogP) is 7.27. The molecule has 0 spiro atoms. The van der Waals surface area contributed by atoms with Crippen LogP contribution in [0.15, 0.2) is 83.4 Å². The summed E-state index contributed by atoms with van der Waals surface area (Å²) in [6.45, 7) is 11.1. The van der Waals surface area contributed by atoms with Gasteiger partial charge in [-0.3, -0.25) is 24.7 Å². The van der Waals surface area contributed by atoms with E-state index in [-0.39, 0.29) is 34.2 Å². The number of nitro groups is 1. The van der Waals surface area contributed by atoms with Crippen LogP contribution in [-0.4, -0.2) is 104 Å². The summed E-state index contributed by atoms with van der Waals surface area (Å²) in [7, 11) is -4.56. The maximum atomic E-state index is 14.4. The van der Waals surface area contributed by atoms with Crippen LogP contribution in [0.25, 0.3) is 16.6 Å². The molecule has 0 bridgehead atoms. The Bertz CT molecular complexity index is 2780. The molecule has 6 heterocycles. The first-order valence-corrected chi connectivity index (χ1v) is 23.3. The molecule has 5 aromatic rings. The summed E-state index contributed by atoms with van der Waals surface area (Å²) in [6.07, 6.45) is 5.01. The zero-order valence-electron chi connectivity index (χ0n) is 35.2. The monoisotopic (exact) mass is 892 g/mol. The summed E-state index contributed by atoms with van der Waals surface area (Å²) in [6, 6.07) is 20.1. The van der Waals surface area contributed by atoms with E-state index >= 15 is 0 Å². The number of piperazine rings is 1. The fraction of sp³-hybridized carbons (Fsp3) is 0.391. The van der Waals surface area contributed by atoms with E-state index in [1.165, 1.54) is 22.8 Å². The third-order valence-electron chi connectivity index (χ3n) is 13.3. The quantitative estimate of drug-likeness (QED) is 0.107. The number of aromatic amines is 1. The average Bonchev–Trinajstić information content (AvgIpc) is 3.89. The number of halogens is 1. The summed E-state index contributed by atoms with van der Waals surface area (Å²) in [5.74, 6) is -0.470. The van der Waals surface area contributed by atoms with Gasteiger partial charge in [0.05, 0.1) is 46.9 Å². The fourth-order valence-electron chi connectivity index (χ4n) is 9.62. The highest BCUT2D eigenvalue weighted by atomic mass is 35.5. The average molecular weight is 893 g/mol. The molecule has 3 aromatic carbocycles. The fourth-order valence-corrected chi connectivity index (χ4v) is 10.8. The number of anilines is 3. The maximum Gasteiger partial charge on any atom is 0.275 e. The van der Waals surface area contributed by atoms with Crippen molar-refractivity contribution >= 4 is 66.9 Å². The van der Waals surface area contributed by atoms with Crippen LogP contribution in [0.3, 0.4) is 0 Å². The van der Waals surface area contributed by atoms with Gasteiger partial charge in [-0.1, -0.05) is 43.2 Å². The van der Waals surface area contributed by atoms with Crippen molar-refractivity contribution in [2.45, 2.75) is 57.1 Å². The molecule has 328 valence electrons. The number of hydrogen-bond donors (Lipinski definition) is 2. The van der Waals surface area contributed by atoms with Crippen molar-refractivity contribution in [2.24, 2.45) is 5.41 Å². The topological polar surface area (TPSA) is 166 Å². The van der Waals surface area contributed by atoms with Crippen LogP contribution in [-0.2, 0) is 27.8 Å². The number of rotatable bonds is 10. The SMILES string of the molecule is CC1(C)CCC(CN2CCN(c3ccc(C(=O)NS(=O)(=O)c4cc5c(c([N+](=O)[O-])c4)CN(C4COC4)C5)c(N4CCOc5nc6[nH]ccc6cc54)c3)CC2)=C(c2ccc(Cl)cc2)C1. The number of benzene rings is 3. The van der Waals surface area contributed by atoms with Gasteiger partial charge in [-0.2, -0.15) is 4.98 Å². The second-order valence-electron chi connectivity index (χ2n) is 18.0. The molecular weight excluding hydrogens is 844 g/mol. The van der Waals surface area contributed by atoms with Gasteiger partial charge in [0.1, 0.15) is 17.9 Å². The second-order valence-corrected chi connectivity index (χ2v) is 20.1. The van der Waals surface area contributed by atoms with Crippen LogP contribution >= 0.6 is 11.6 Å². The van der Waals surface area contributed by atoms with Gasteiger partial charge < -0.3 is 24.3 Å². The Morgan fingerprint density at radius 2 is 1.79 bits per heavy atom. The van der Waals surface area contributed by atoms with E-state index in [4.69, 9.17) is 26.1 Å². The Morgan fingerprint density at radius 3 is 2.54 bits per heavy atom. The molecule has 0 saturated carbocycles. The molecule has 63 heavy (non-hydrogen) atoms. The van der Waals surface area contributed by atoms with Crippen molar-refractivity contribution in [1.82, 2.24) is 24.5 Å². The second kappa shape index (κ2) is 16.2.